The first kappa shape index (κ1) is 21.3. The number of rotatable bonds is 5. The molecule has 2 heterocycles. The first-order valence-corrected chi connectivity index (χ1v) is 10.4. The largest absolute Gasteiger partial charge is 0.762 e. The normalized spacial score (nSPS) is 24.5. The van der Waals surface area contributed by atoms with Gasteiger partial charge in [0.25, 0.3) is 0 Å². The number of aliphatic hydroxyl groups is 1. The van der Waals surface area contributed by atoms with Crippen LogP contribution in [0, 0.1) is 35.5 Å². The zero-order valence-electron chi connectivity index (χ0n) is 17.9. The van der Waals surface area contributed by atoms with Gasteiger partial charge in [0.05, 0.1) is 35.9 Å². The molecule has 4 rings (SSSR count). The van der Waals surface area contributed by atoms with E-state index in [9.17, 15) is 21.0 Å². The average Bonchev–Trinajstić information content (AvgIpc) is 3.67. The van der Waals surface area contributed by atoms with Crippen LogP contribution in [0.5, 0.6) is 5.75 Å². The number of nitriles is 2. The Bertz CT molecular complexity index is 1190. The van der Waals surface area contributed by atoms with Crippen molar-refractivity contribution in [3.05, 3.63) is 82.2 Å². The van der Waals surface area contributed by atoms with E-state index in [2.05, 4.69) is 11.4 Å². The molecule has 1 fully saturated rings. The Morgan fingerprint density at radius 3 is 2.34 bits per heavy atom. The van der Waals surface area contributed by atoms with Gasteiger partial charge in [0.2, 0.25) is 11.8 Å². The van der Waals surface area contributed by atoms with E-state index in [1.807, 2.05) is 60.1 Å². The third-order valence-corrected chi connectivity index (χ3v) is 6.28. The monoisotopic (exact) mass is 425 g/mol. The molecule has 32 heavy (non-hydrogen) atoms. The first-order chi connectivity index (χ1) is 15.5. The maximum absolute atomic E-state index is 12.0. The maximum atomic E-state index is 12.0. The van der Waals surface area contributed by atoms with Gasteiger partial charge in [-0.15, -0.1) is 0 Å². The summed E-state index contributed by atoms with van der Waals surface area (Å²) in [6.07, 6.45) is 5.41. The van der Waals surface area contributed by atoms with E-state index >= 15 is 0 Å². The number of nitrogens with zero attached hydrogens (tertiary/aromatic N) is 4. The van der Waals surface area contributed by atoms with Crippen LogP contribution < -0.4 is 14.6 Å². The van der Waals surface area contributed by atoms with Crippen molar-refractivity contribution in [1.29, 1.82) is 10.5 Å². The number of aromatic nitrogens is 1. The van der Waals surface area contributed by atoms with Gasteiger partial charge < -0.3 is 20.6 Å². The number of aryl methyl sites for hydroxylation is 1. The molecule has 160 valence electrons. The quantitative estimate of drug-likeness (QED) is 0.434. The van der Waals surface area contributed by atoms with E-state index in [0.717, 1.165) is 24.0 Å². The van der Waals surface area contributed by atoms with Crippen LogP contribution in [-0.4, -0.2) is 23.8 Å². The van der Waals surface area contributed by atoms with Gasteiger partial charge in [-0.05, 0) is 43.0 Å². The molecule has 1 aliphatic carbocycles. The van der Waals surface area contributed by atoms with Crippen molar-refractivity contribution in [3.8, 4) is 17.9 Å². The Hall–Kier alpha value is -3.90. The SMILES string of the molecule is COc1ccc(C2C(C#N)=C(C(=C=[N-])C#N)NC(O)(C3CC3)C2[n+]2ccc(C)cc2)cc1. The van der Waals surface area contributed by atoms with Gasteiger partial charge in [-0.25, -0.2) is 5.87 Å². The van der Waals surface area contributed by atoms with E-state index in [1.165, 1.54) is 0 Å². The second kappa shape index (κ2) is 8.32. The molecule has 0 radical (unpaired) electrons. The molecular formula is C25H23N5O2. The molecule has 7 heteroatoms. The Balaban J connectivity index is 2.01. The molecule has 1 aromatic heterocycles. The minimum absolute atomic E-state index is 0.0732. The summed E-state index contributed by atoms with van der Waals surface area (Å²) >= 11 is 0. The van der Waals surface area contributed by atoms with Crippen molar-refractivity contribution in [1.82, 2.24) is 5.32 Å². The third kappa shape index (κ3) is 3.55. The van der Waals surface area contributed by atoms with E-state index in [1.54, 1.807) is 19.2 Å². The Kier molecular flexibility index (Phi) is 5.55. The van der Waals surface area contributed by atoms with Gasteiger partial charge in [-0.1, -0.05) is 12.1 Å². The molecule has 1 aromatic carbocycles. The fraction of sp³-hybridized carbons (Fsp3) is 0.320. The summed E-state index contributed by atoms with van der Waals surface area (Å²) in [6.45, 7) is 1.98. The maximum Gasteiger partial charge on any atom is 0.216 e. The lowest BCUT2D eigenvalue weighted by molar-refractivity contribution is -0.742. The Morgan fingerprint density at radius 1 is 1.19 bits per heavy atom. The first-order valence-electron chi connectivity index (χ1n) is 10.4. The number of methoxy groups -OCH3 is 1. The summed E-state index contributed by atoms with van der Waals surface area (Å²) in [5, 5.41) is 44.4. The minimum atomic E-state index is -1.45. The number of nitrogens with one attached hydrogen (secondary N) is 1. The molecule has 0 bridgehead atoms. The second-order valence-electron chi connectivity index (χ2n) is 8.24. The van der Waals surface area contributed by atoms with Gasteiger partial charge >= 0.3 is 0 Å². The van der Waals surface area contributed by atoms with E-state index in [0.29, 0.717) is 5.75 Å². The molecule has 2 aliphatic rings. The molecule has 7 nitrogen and oxygen atoms in total. The summed E-state index contributed by atoms with van der Waals surface area (Å²) in [7, 11) is 1.58. The topological polar surface area (TPSA) is 115 Å². The highest BCUT2D eigenvalue weighted by molar-refractivity contribution is 5.74. The van der Waals surface area contributed by atoms with Crippen molar-refractivity contribution in [2.75, 3.05) is 7.11 Å². The molecule has 2 aromatic rings. The lowest BCUT2D eigenvalue weighted by atomic mass is 9.73. The van der Waals surface area contributed by atoms with Crippen LogP contribution in [0.15, 0.2) is 65.6 Å². The van der Waals surface area contributed by atoms with Crippen molar-refractivity contribution >= 4 is 5.87 Å². The molecular weight excluding hydrogens is 402 g/mol. The molecule has 0 amide bonds. The number of benzene rings is 1. The van der Waals surface area contributed by atoms with Crippen LogP contribution in [0.1, 0.15) is 35.9 Å². The van der Waals surface area contributed by atoms with E-state index < -0.39 is 17.7 Å². The number of hydrogen-bond donors (Lipinski definition) is 2. The van der Waals surface area contributed by atoms with Gasteiger partial charge in [-0.2, -0.15) is 15.1 Å². The molecule has 0 saturated heterocycles. The van der Waals surface area contributed by atoms with Crippen LogP contribution in [0.25, 0.3) is 5.41 Å². The van der Waals surface area contributed by atoms with Gasteiger partial charge in [-0.3, -0.25) is 0 Å². The molecule has 1 saturated carbocycles. The van der Waals surface area contributed by atoms with Crippen LogP contribution >= 0.6 is 0 Å². The molecule has 0 spiro atoms. The highest BCUT2D eigenvalue weighted by Crippen LogP contribution is 2.52. The summed E-state index contributed by atoms with van der Waals surface area (Å²) in [6, 6.07) is 14.8. The number of allylic oxidation sites excluding steroid dienone is 2. The lowest BCUT2D eigenvalue weighted by Crippen LogP contribution is -2.66. The molecule has 3 unspecified atom stereocenters. The molecule has 3 atom stereocenters. The summed E-state index contributed by atoms with van der Waals surface area (Å²) < 4.78 is 7.20. The van der Waals surface area contributed by atoms with Gasteiger partial charge in [0.1, 0.15) is 11.8 Å². The predicted octanol–water partition coefficient (Wildman–Crippen LogP) is 2.78. The zero-order valence-corrected chi connectivity index (χ0v) is 17.9. The van der Waals surface area contributed by atoms with Crippen molar-refractivity contribution in [3.63, 3.8) is 0 Å². The molecule has 2 N–H and O–H groups in total. The lowest BCUT2D eigenvalue weighted by Gasteiger charge is -2.43. The third-order valence-electron chi connectivity index (χ3n) is 6.28. The Labute approximate surface area is 187 Å². The van der Waals surface area contributed by atoms with Crippen LogP contribution in [-0.2, 0) is 0 Å². The zero-order chi connectivity index (χ0) is 22.9. The van der Waals surface area contributed by atoms with Crippen molar-refractivity contribution in [2.24, 2.45) is 5.92 Å². The average molecular weight is 425 g/mol. The van der Waals surface area contributed by atoms with Gasteiger partial charge in [0.15, 0.2) is 12.4 Å². The van der Waals surface area contributed by atoms with E-state index in [-0.39, 0.29) is 22.8 Å². The fourth-order valence-corrected chi connectivity index (χ4v) is 4.49. The molecule has 1 aliphatic heterocycles. The highest BCUT2D eigenvalue weighted by atomic mass is 16.5. The van der Waals surface area contributed by atoms with Crippen LogP contribution in [0.3, 0.4) is 0 Å². The smallest absolute Gasteiger partial charge is 0.216 e. The number of ether oxygens (including phenoxy) is 1. The summed E-state index contributed by atoms with van der Waals surface area (Å²) in [5.74, 6) is 1.89. The summed E-state index contributed by atoms with van der Waals surface area (Å²) in [5.41, 5.74) is 0.551. The number of hydrogen-bond acceptors (Lipinski definition) is 5. The highest BCUT2D eigenvalue weighted by Gasteiger charge is 2.61. The van der Waals surface area contributed by atoms with Crippen LogP contribution in [0.2, 0.25) is 0 Å². The van der Waals surface area contributed by atoms with E-state index in [4.69, 9.17) is 4.74 Å². The fourth-order valence-electron chi connectivity index (χ4n) is 4.49. The standard InChI is InChI=1S/C25H23N5O2/c1-16-9-11-30(12-10-16)24-22(17-3-7-20(32-2)8-4-17)21(15-28)23(18(13-26)14-27)29-25(24,31)19-5-6-19/h3-4,7-12,19,22,24,29,31H,5-6H2,1-2H3. The van der Waals surface area contributed by atoms with Crippen LogP contribution in [0.4, 0.5) is 0 Å². The second-order valence-corrected chi connectivity index (χ2v) is 8.24. The minimum Gasteiger partial charge on any atom is -0.762 e. The van der Waals surface area contributed by atoms with Crippen molar-refractivity contribution < 1.29 is 14.4 Å². The van der Waals surface area contributed by atoms with Gasteiger partial charge in [0, 0.05) is 18.1 Å². The van der Waals surface area contributed by atoms with Crippen molar-refractivity contribution in [2.45, 2.75) is 37.5 Å². The predicted molar refractivity (Wildman–Crippen MR) is 117 cm³/mol. The number of pyridine rings is 1. The summed E-state index contributed by atoms with van der Waals surface area (Å²) in [4.78, 5) is 0. The Morgan fingerprint density at radius 2 is 1.84 bits per heavy atom.